The second-order valence-electron chi connectivity index (χ2n) is 5.62. The molecule has 2 aromatic heterocycles. The number of nitrogens with two attached hydrogens (primary N) is 1. The number of primary amides is 1. The molecule has 6 N–H and O–H groups in total. The van der Waals surface area contributed by atoms with E-state index in [0.29, 0.717) is 16.5 Å². The summed E-state index contributed by atoms with van der Waals surface area (Å²) in [5.41, 5.74) is 5.77. The summed E-state index contributed by atoms with van der Waals surface area (Å²) in [6, 6.07) is 8.99. The molecular formula is C17H14ClN5O5S. The van der Waals surface area contributed by atoms with E-state index < -0.39 is 18.1 Å². The number of hydrogen-bond donors (Lipinski definition) is 5. The summed E-state index contributed by atoms with van der Waals surface area (Å²) in [5, 5.41) is 14.4. The summed E-state index contributed by atoms with van der Waals surface area (Å²) < 4.78 is 4.57. The first-order valence-corrected chi connectivity index (χ1v) is 9.21. The lowest BCUT2D eigenvalue weighted by Crippen LogP contribution is -2.22. The Bertz CT molecular complexity index is 1060. The fourth-order valence-corrected chi connectivity index (χ4v) is 3.32. The maximum absolute atomic E-state index is 12.2. The fraction of sp³-hybridized carbons (Fsp3) is 0.0588. The van der Waals surface area contributed by atoms with Crippen LogP contribution in [-0.4, -0.2) is 33.2 Å². The highest BCUT2D eigenvalue weighted by molar-refractivity contribution is 7.13. The average Bonchev–Trinajstić information content (AvgIpc) is 3.23. The molecule has 0 spiro atoms. The molecular weight excluding hydrogens is 422 g/mol. The highest BCUT2D eigenvalue weighted by Crippen LogP contribution is 2.27. The van der Waals surface area contributed by atoms with Gasteiger partial charge in [-0.2, -0.15) is 0 Å². The minimum Gasteiger partial charge on any atom is -0.449 e. The molecule has 0 saturated carbocycles. The molecule has 2 heterocycles. The SMILES string of the molecule is NC(=O)c1[nH]c(Cc2ccc(OC(=O)O)s2)nc1NC(=O)Nc1ccc(Cl)cc1. The molecule has 0 atom stereocenters. The molecule has 150 valence electrons. The van der Waals surface area contributed by atoms with Crippen molar-refractivity contribution in [2.24, 2.45) is 5.73 Å². The minimum absolute atomic E-state index is 0.0301. The number of aromatic nitrogens is 2. The highest BCUT2D eigenvalue weighted by Gasteiger charge is 2.18. The van der Waals surface area contributed by atoms with E-state index in [4.69, 9.17) is 22.4 Å². The topological polar surface area (TPSA) is 159 Å². The zero-order valence-corrected chi connectivity index (χ0v) is 16.1. The number of hydrogen-bond acceptors (Lipinski definition) is 6. The maximum atomic E-state index is 12.2. The van der Waals surface area contributed by atoms with E-state index in [2.05, 4.69) is 25.3 Å². The Labute approximate surface area is 172 Å². The van der Waals surface area contributed by atoms with Crippen LogP contribution in [0.25, 0.3) is 0 Å². The van der Waals surface area contributed by atoms with Gasteiger partial charge in [0.05, 0.1) is 0 Å². The first-order valence-electron chi connectivity index (χ1n) is 8.02. The molecule has 3 amide bonds. The summed E-state index contributed by atoms with van der Waals surface area (Å²) in [6.07, 6.45) is -1.17. The standard InChI is InChI=1S/C17H14ClN5O5S/c18-8-1-3-9(4-2-8)20-16(25)23-15-13(14(19)24)21-11(22-15)7-10-5-6-12(29-10)28-17(26)27/h1-6H,7H2,(H2,19,24)(H,21,22)(H,26,27)(H2,20,23,25). The molecule has 3 aromatic rings. The number of aromatic amines is 1. The van der Waals surface area contributed by atoms with Crippen LogP contribution in [0.4, 0.5) is 21.1 Å². The number of nitrogens with one attached hydrogen (secondary N) is 3. The van der Waals surface area contributed by atoms with E-state index in [1.165, 1.54) is 6.07 Å². The summed E-state index contributed by atoms with van der Waals surface area (Å²) in [4.78, 5) is 42.1. The number of amides is 3. The zero-order valence-electron chi connectivity index (χ0n) is 14.6. The van der Waals surface area contributed by atoms with Crippen molar-refractivity contribution in [3.05, 3.63) is 57.8 Å². The molecule has 1 aromatic carbocycles. The van der Waals surface area contributed by atoms with Crippen molar-refractivity contribution in [1.82, 2.24) is 9.97 Å². The predicted octanol–water partition coefficient (Wildman–Crippen LogP) is 3.52. The van der Waals surface area contributed by atoms with Crippen molar-refractivity contribution < 1.29 is 24.2 Å². The number of rotatable bonds is 6. The van der Waals surface area contributed by atoms with Gasteiger partial charge in [-0.1, -0.05) is 11.6 Å². The smallest absolute Gasteiger partial charge is 0.449 e. The van der Waals surface area contributed by atoms with Crippen molar-refractivity contribution in [3.63, 3.8) is 0 Å². The summed E-state index contributed by atoms with van der Waals surface area (Å²) in [5.74, 6) is -0.478. The van der Waals surface area contributed by atoms with Crippen LogP contribution in [0.1, 0.15) is 21.2 Å². The molecule has 29 heavy (non-hydrogen) atoms. The number of anilines is 2. The molecule has 0 aliphatic carbocycles. The molecule has 0 aliphatic rings. The number of thiophene rings is 1. The Morgan fingerprint density at radius 3 is 2.55 bits per heavy atom. The van der Waals surface area contributed by atoms with Gasteiger partial charge in [0.1, 0.15) is 11.5 Å². The van der Waals surface area contributed by atoms with Gasteiger partial charge in [0.2, 0.25) is 0 Å². The fourth-order valence-electron chi connectivity index (χ4n) is 2.34. The monoisotopic (exact) mass is 435 g/mol. The van der Waals surface area contributed by atoms with Crippen molar-refractivity contribution in [3.8, 4) is 5.06 Å². The van der Waals surface area contributed by atoms with Crippen LogP contribution >= 0.6 is 22.9 Å². The molecule has 12 heteroatoms. The van der Waals surface area contributed by atoms with Gasteiger partial charge in [0.25, 0.3) is 5.91 Å². The molecule has 0 saturated heterocycles. The zero-order chi connectivity index (χ0) is 21.0. The lowest BCUT2D eigenvalue weighted by molar-refractivity contribution is 0.0996. The Hall–Kier alpha value is -3.57. The first-order chi connectivity index (χ1) is 13.8. The molecule has 0 fully saturated rings. The number of imidazole rings is 1. The number of carbonyl (C=O) groups is 3. The van der Waals surface area contributed by atoms with Crippen LogP contribution in [0.5, 0.6) is 5.06 Å². The Morgan fingerprint density at radius 2 is 1.90 bits per heavy atom. The van der Waals surface area contributed by atoms with Crippen LogP contribution < -0.4 is 21.1 Å². The first kappa shape index (κ1) is 20.2. The normalized spacial score (nSPS) is 10.4. The molecule has 3 rings (SSSR count). The lowest BCUT2D eigenvalue weighted by atomic mass is 10.3. The second kappa shape index (κ2) is 8.63. The largest absolute Gasteiger partial charge is 0.512 e. The van der Waals surface area contributed by atoms with E-state index in [-0.39, 0.29) is 23.0 Å². The Balaban J connectivity index is 1.71. The number of benzene rings is 1. The van der Waals surface area contributed by atoms with Crippen LogP contribution in [0.3, 0.4) is 0 Å². The van der Waals surface area contributed by atoms with Crippen LogP contribution in [0, 0.1) is 0 Å². The minimum atomic E-state index is -1.41. The Kier molecular flexibility index (Phi) is 6.00. The van der Waals surface area contributed by atoms with Gasteiger partial charge in [-0.05, 0) is 36.4 Å². The quantitative estimate of drug-likeness (QED) is 0.372. The van der Waals surface area contributed by atoms with Crippen LogP contribution in [-0.2, 0) is 6.42 Å². The van der Waals surface area contributed by atoms with Gasteiger partial charge in [-0.15, -0.1) is 11.3 Å². The van der Waals surface area contributed by atoms with Gasteiger partial charge in [0, 0.05) is 22.0 Å². The highest BCUT2D eigenvalue weighted by atomic mass is 35.5. The third-order valence-corrected chi connectivity index (χ3v) is 4.72. The summed E-state index contributed by atoms with van der Waals surface area (Å²) in [7, 11) is 0. The Morgan fingerprint density at radius 1 is 1.17 bits per heavy atom. The van der Waals surface area contributed by atoms with E-state index in [1.54, 1.807) is 30.3 Å². The lowest BCUT2D eigenvalue weighted by Gasteiger charge is -2.06. The van der Waals surface area contributed by atoms with Crippen molar-refractivity contribution in [2.75, 3.05) is 10.6 Å². The second-order valence-corrected chi connectivity index (χ2v) is 7.19. The number of urea groups is 1. The van der Waals surface area contributed by atoms with Gasteiger partial charge < -0.3 is 25.9 Å². The van der Waals surface area contributed by atoms with Crippen molar-refractivity contribution in [2.45, 2.75) is 6.42 Å². The maximum Gasteiger partial charge on any atom is 0.512 e. The van der Waals surface area contributed by atoms with Crippen molar-refractivity contribution >= 4 is 52.5 Å². The van der Waals surface area contributed by atoms with Gasteiger partial charge >= 0.3 is 12.2 Å². The van der Waals surface area contributed by atoms with Crippen molar-refractivity contribution in [1.29, 1.82) is 0 Å². The van der Waals surface area contributed by atoms with E-state index in [1.807, 2.05) is 0 Å². The number of halogens is 1. The van der Waals surface area contributed by atoms with Gasteiger partial charge in [-0.3, -0.25) is 10.1 Å². The number of H-pyrrole nitrogens is 1. The summed E-state index contributed by atoms with van der Waals surface area (Å²) >= 11 is 6.91. The van der Waals surface area contributed by atoms with Gasteiger partial charge in [0.15, 0.2) is 10.9 Å². The third-order valence-electron chi connectivity index (χ3n) is 3.50. The molecule has 0 aliphatic heterocycles. The summed E-state index contributed by atoms with van der Waals surface area (Å²) in [6.45, 7) is 0. The van der Waals surface area contributed by atoms with E-state index >= 15 is 0 Å². The molecule has 0 unspecified atom stereocenters. The predicted molar refractivity (Wildman–Crippen MR) is 107 cm³/mol. The average molecular weight is 436 g/mol. The van der Waals surface area contributed by atoms with Crippen LogP contribution in [0.2, 0.25) is 5.02 Å². The molecule has 10 nitrogen and oxygen atoms in total. The van der Waals surface area contributed by atoms with E-state index in [0.717, 1.165) is 16.2 Å². The van der Waals surface area contributed by atoms with E-state index in [9.17, 15) is 14.4 Å². The number of ether oxygens (including phenoxy) is 1. The third kappa shape index (κ3) is 5.46. The number of carbonyl (C=O) groups excluding carboxylic acids is 2. The number of carboxylic acid groups (broad SMARTS) is 1. The number of nitrogens with zero attached hydrogens (tertiary/aromatic N) is 1. The van der Waals surface area contributed by atoms with Crippen LogP contribution in [0.15, 0.2) is 36.4 Å². The van der Waals surface area contributed by atoms with Gasteiger partial charge in [-0.25, -0.2) is 14.6 Å². The molecule has 0 bridgehead atoms. The molecule has 0 radical (unpaired) electrons.